The first-order valence-electron chi connectivity index (χ1n) is 5.47. The molecule has 1 heterocycles. The van der Waals surface area contributed by atoms with E-state index in [1.54, 1.807) is 6.07 Å². The zero-order valence-corrected chi connectivity index (χ0v) is 9.04. The maximum atomic E-state index is 13.0. The summed E-state index contributed by atoms with van der Waals surface area (Å²) in [4.78, 5) is 2.32. The van der Waals surface area contributed by atoms with Gasteiger partial charge in [-0.15, -0.1) is 0 Å². The minimum Gasteiger partial charge on any atom is -0.369 e. The Morgan fingerprint density at radius 3 is 2.93 bits per heavy atom. The Balaban J connectivity index is 2.34. The van der Waals surface area contributed by atoms with Crippen molar-refractivity contribution in [3.8, 4) is 0 Å². The fourth-order valence-corrected chi connectivity index (χ4v) is 2.29. The van der Waals surface area contributed by atoms with Crippen LogP contribution in [0.3, 0.4) is 0 Å². The van der Waals surface area contributed by atoms with Crippen molar-refractivity contribution in [1.82, 2.24) is 0 Å². The molecule has 3 heteroatoms. The summed E-state index contributed by atoms with van der Waals surface area (Å²) < 4.78 is 13.0. The summed E-state index contributed by atoms with van der Waals surface area (Å²) >= 11 is 0. The molecule has 1 aromatic carbocycles. The molecular weight excluding hydrogens is 191 g/mol. The lowest BCUT2D eigenvalue weighted by Crippen LogP contribution is -2.27. The van der Waals surface area contributed by atoms with Gasteiger partial charge in [0.15, 0.2) is 0 Å². The molecule has 0 spiro atoms. The van der Waals surface area contributed by atoms with Gasteiger partial charge < -0.3 is 10.6 Å². The summed E-state index contributed by atoms with van der Waals surface area (Å²) in [6.07, 6.45) is 2.42. The third-order valence-electron chi connectivity index (χ3n) is 3.12. The molecule has 15 heavy (non-hydrogen) atoms. The van der Waals surface area contributed by atoms with Gasteiger partial charge in [0.2, 0.25) is 0 Å². The smallest absolute Gasteiger partial charge is 0.123 e. The highest BCUT2D eigenvalue weighted by molar-refractivity contribution is 5.55. The van der Waals surface area contributed by atoms with Crippen LogP contribution in [0, 0.1) is 5.82 Å². The summed E-state index contributed by atoms with van der Waals surface area (Å²) in [5, 5.41) is 0. The third-order valence-corrected chi connectivity index (χ3v) is 3.12. The van der Waals surface area contributed by atoms with Crippen molar-refractivity contribution in [3.05, 3.63) is 29.6 Å². The van der Waals surface area contributed by atoms with Crippen molar-refractivity contribution >= 4 is 5.69 Å². The molecule has 0 aromatic heterocycles. The molecule has 2 N–H and O–H groups in total. The quantitative estimate of drug-likeness (QED) is 0.807. The monoisotopic (exact) mass is 208 g/mol. The normalized spacial score (nSPS) is 21.0. The van der Waals surface area contributed by atoms with E-state index < -0.39 is 0 Å². The van der Waals surface area contributed by atoms with Gasteiger partial charge in [0.25, 0.3) is 0 Å². The van der Waals surface area contributed by atoms with Gasteiger partial charge in [-0.25, -0.2) is 4.39 Å². The predicted octanol–water partition coefficient (Wildman–Crippen LogP) is 2.27. The van der Waals surface area contributed by atoms with Gasteiger partial charge in [-0.05, 0) is 43.5 Å². The molecule has 0 saturated carbocycles. The highest BCUT2D eigenvalue weighted by atomic mass is 19.1. The van der Waals surface area contributed by atoms with Gasteiger partial charge in [-0.3, -0.25) is 0 Å². The largest absolute Gasteiger partial charge is 0.369 e. The Bertz CT molecular complexity index is 351. The molecule has 1 aliphatic heterocycles. The molecule has 0 amide bonds. The van der Waals surface area contributed by atoms with Crippen LogP contribution in [0.25, 0.3) is 0 Å². The first-order chi connectivity index (χ1) is 7.22. The molecule has 1 aliphatic rings. The number of anilines is 1. The fourth-order valence-electron chi connectivity index (χ4n) is 2.29. The Labute approximate surface area is 89.9 Å². The van der Waals surface area contributed by atoms with Crippen LogP contribution in [-0.4, -0.2) is 12.6 Å². The van der Waals surface area contributed by atoms with E-state index in [4.69, 9.17) is 5.73 Å². The second kappa shape index (κ2) is 4.19. The maximum absolute atomic E-state index is 13.0. The average molecular weight is 208 g/mol. The van der Waals surface area contributed by atoms with E-state index in [1.165, 1.54) is 18.9 Å². The number of rotatable bonds is 2. The topological polar surface area (TPSA) is 29.3 Å². The second-order valence-corrected chi connectivity index (χ2v) is 4.16. The van der Waals surface area contributed by atoms with E-state index in [-0.39, 0.29) is 5.82 Å². The molecule has 82 valence electrons. The minimum absolute atomic E-state index is 0.203. The SMILES string of the molecule is CC1CCCN1c1ccc(F)cc1CN. The second-order valence-electron chi connectivity index (χ2n) is 4.16. The van der Waals surface area contributed by atoms with Gasteiger partial charge in [-0.1, -0.05) is 0 Å². The molecule has 1 fully saturated rings. The van der Waals surface area contributed by atoms with Crippen LogP contribution in [0.4, 0.5) is 10.1 Å². The molecule has 1 unspecified atom stereocenters. The van der Waals surface area contributed by atoms with Gasteiger partial charge in [0.1, 0.15) is 5.82 Å². The van der Waals surface area contributed by atoms with Crippen LogP contribution in [0.5, 0.6) is 0 Å². The summed E-state index contributed by atoms with van der Waals surface area (Å²) in [6.45, 7) is 3.66. The number of hydrogen-bond acceptors (Lipinski definition) is 2. The van der Waals surface area contributed by atoms with Crippen molar-refractivity contribution in [3.63, 3.8) is 0 Å². The van der Waals surface area contributed by atoms with Crippen LogP contribution >= 0.6 is 0 Å². The first-order valence-corrected chi connectivity index (χ1v) is 5.47. The average Bonchev–Trinajstić information content (AvgIpc) is 2.64. The van der Waals surface area contributed by atoms with Crippen molar-refractivity contribution in [1.29, 1.82) is 0 Å². The van der Waals surface area contributed by atoms with E-state index >= 15 is 0 Å². The van der Waals surface area contributed by atoms with E-state index in [0.29, 0.717) is 12.6 Å². The number of nitrogens with two attached hydrogens (primary N) is 1. The zero-order valence-electron chi connectivity index (χ0n) is 9.04. The summed E-state index contributed by atoms with van der Waals surface area (Å²) in [7, 11) is 0. The molecule has 1 aromatic rings. The lowest BCUT2D eigenvalue weighted by atomic mass is 10.1. The van der Waals surface area contributed by atoms with Crippen LogP contribution < -0.4 is 10.6 Å². The maximum Gasteiger partial charge on any atom is 0.123 e. The van der Waals surface area contributed by atoms with Crippen molar-refractivity contribution in [2.24, 2.45) is 5.73 Å². The molecule has 1 atom stereocenters. The van der Waals surface area contributed by atoms with E-state index in [9.17, 15) is 4.39 Å². The highest BCUT2D eigenvalue weighted by Gasteiger charge is 2.22. The minimum atomic E-state index is -0.203. The Morgan fingerprint density at radius 1 is 1.53 bits per heavy atom. The molecule has 0 bridgehead atoms. The van der Waals surface area contributed by atoms with Crippen LogP contribution in [-0.2, 0) is 6.54 Å². The van der Waals surface area contributed by atoms with Crippen LogP contribution in [0.2, 0.25) is 0 Å². The molecule has 2 nitrogen and oxygen atoms in total. The zero-order chi connectivity index (χ0) is 10.8. The number of halogens is 1. The molecule has 0 radical (unpaired) electrons. The van der Waals surface area contributed by atoms with E-state index in [1.807, 2.05) is 6.07 Å². The lowest BCUT2D eigenvalue weighted by molar-refractivity contribution is 0.624. The van der Waals surface area contributed by atoms with Crippen LogP contribution in [0.15, 0.2) is 18.2 Å². The Morgan fingerprint density at radius 2 is 2.33 bits per heavy atom. The number of benzene rings is 1. The summed E-state index contributed by atoms with van der Waals surface area (Å²) in [5.41, 5.74) is 7.65. The highest BCUT2D eigenvalue weighted by Crippen LogP contribution is 2.28. The molecule has 1 saturated heterocycles. The molecule has 2 rings (SSSR count). The fraction of sp³-hybridized carbons (Fsp3) is 0.500. The van der Waals surface area contributed by atoms with Gasteiger partial charge in [0, 0.05) is 24.8 Å². The molecule has 0 aliphatic carbocycles. The number of nitrogens with zero attached hydrogens (tertiary/aromatic N) is 1. The lowest BCUT2D eigenvalue weighted by Gasteiger charge is -2.26. The predicted molar refractivity (Wildman–Crippen MR) is 60.3 cm³/mol. The molecular formula is C12H17FN2. The summed E-state index contributed by atoms with van der Waals surface area (Å²) in [5.74, 6) is -0.203. The van der Waals surface area contributed by atoms with Gasteiger partial charge in [-0.2, -0.15) is 0 Å². The van der Waals surface area contributed by atoms with E-state index in [2.05, 4.69) is 11.8 Å². The Kier molecular flexibility index (Phi) is 2.91. The van der Waals surface area contributed by atoms with Crippen molar-refractivity contribution < 1.29 is 4.39 Å². The van der Waals surface area contributed by atoms with Gasteiger partial charge >= 0.3 is 0 Å². The standard InChI is InChI=1S/C12H17FN2/c1-9-3-2-6-15(9)12-5-4-11(13)7-10(12)8-14/h4-5,7,9H,2-3,6,8,14H2,1H3. The first kappa shape index (κ1) is 10.4. The van der Waals surface area contributed by atoms with Crippen LogP contribution in [0.1, 0.15) is 25.3 Å². The van der Waals surface area contributed by atoms with Crippen molar-refractivity contribution in [2.75, 3.05) is 11.4 Å². The van der Waals surface area contributed by atoms with Gasteiger partial charge in [0.05, 0.1) is 0 Å². The summed E-state index contributed by atoms with van der Waals surface area (Å²) in [6, 6.07) is 5.44. The van der Waals surface area contributed by atoms with Crippen molar-refractivity contribution in [2.45, 2.75) is 32.4 Å². The van der Waals surface area contributed by atoms with E-state index in [0.717, 1.165) is 17.8 Å². The third kappa shape index (κ3) is 1.97. The Hall–Kier alpha value is -1.09. The number of hydrogen-bond donors (Lipinski definition) is 1.